The van der Waals surface area contributed by atoms with Gasteiger partial charge in [0.2, 0.25) is 11.7 Å². The minimum atomic E-state index is -0.339. The zero-order valence-electron chi connectivity index (χ0n) is 17.2. The molecule has 0 atom stereocenters. The lowest BCUT2D eigenvalue weighted by molar-refractivity contribution is -0.115. The first-order valence-corrected chi connectivity index (χ1v) is 11.0. The summed E-state index contributed by atoms with van der Waals surface area (Å²) in [4.78, 5) is 30.3. The maximum Gasteiger partial charge on any atom is 0.228 e. The average molecular weight is 457 g/mol. The van der Waals surface area contributed by atoms with Crippen molar-refractivity contribution in [2.45, 2.75) is 6.42 Å². The molecule has 3 heterocycles. The number of halogens is 1. The summed E-state index contributed by atoms with van der Waals surface area (Å²) in [6, 6.07) is 18.6. The molecule has 0 radical (unpaired) electrons. The van der Waals surface area contributed by atoms with Gasteiger partial charge in [-0.2, -0.15) is 5.10 Å². The minimum absolute atomic E-state index is 0.119. The molecule has 33 heavy (non-hydrogen) atoms. The van der Waals surface area contributed by atoms with Gasteiger partial charge >= 0.3 is 0 Å². The molecule has 1 amide bonds. The SMILES string of the molecule is O=C(Cc1ccc(F)cc1)Nc1cccc(-c2ccnc3c(C(=O)c4cccs4)cnn23)c1. The average Bonchev–Trinajstić information content (AvgIpc) is 3.50. The van der Waals surface area contributed by atoms with Crippen LogP contribution in [0.3, 0.4) is 0 Å². The number of fused-ring (bicyclic) bond motifs is 1. The highest BCUT2D eigenvalue weighted by atomic mass is 32.1. The van der Waals surface area contributed by atoms with E-state index in [1.54, 1.807) is 41.0 Å². The van der Waals surface area contributed by atoms with Crippen LogP contribution in [0.5, 0.6) is 0 Å². The van der Waals surface area contributed by atoms with E-state index in [9.17, 15) is 14.0 Å². The number of nitrogens with zero attached hydrogens (tertiary/aromatic N) is 3. The highest BCUT2D eigenvalue weighted by Gasteiger charge is 2.18. The molecule has 0 fully saturated rings. The van der Waals surface area contributed by atoms with E-state index < -0.39 is 0 Å². The number of thiophene rings is 1. The fraction of sp³-hybridized carbons (Fsp3) is 0.0400. The number of rotatable bonds is 6. The Morgan fingerprint density at radius 3 is 2.67 bits per heavy atom. The molecular formula is C25H17FN4O2S. The topological polar surface area (TPSA) is 76.4 Å². The van der Waals surface area contributed by atoms with Crippen molar-refractivity contribution in [3.63, 3.8) is 0 Å². The summed E-state index contributed by atoms with van der Waals surface area (Å²) in [6.07, 6.45) is 3.30. The lowest BCUT2D eigenvalue weighted by Crippen LogP contribution is -2.14. The quantitative estimate of drug-likeness (QED) is 0.365. The van der Waals surface area contributed by atoms with Gasteiger partial charge in [-0.25, -0.2) is 13.9 Å². The molecular weight excluding hydrogens is 439 g/mol. The number of hydrogen-bond acceptors (Lipinski definition) is 5. The first-order chi connectivity index (χ1) is 16.1. The summed E-state index contributed by atoms with van der Waals surface area (Å²) in [5.41, 5.74) is 3.78. The maximum absolute atomic E-state index is 13.1. The van der Waals surface area contributed by atoms with Crippen molar-refractivity contribution in [3.05, 3.63) is 106 Å². The van der Waals surface area contributed by atoms with Gasteiger partial charge in [-0.15, -0.1) is 11.3 Å². The van der Waals surface area contributed by atoms with Gasteiger partial charge in [0.25, 0.3) is 0 Å². The van der Waals surface area contributed by atoms with Crippen LogP contribution >= 0.6 is 11.3 Å². The van der Waals surface area contributed by atoms with E-state index in [0.717, 1.165) is 16.8 Å². The summed E-state index contributed by atoms with van der Waals surface area (Å²) in [6.45, 7) is 0. The minimum Gasteiger partial charge on any atom is -0.326 e. The smallest absolute Gasteiger partial charge is 0.228 e. The fourth-order valence-corrected chi connectivity index (χ4v) is 4.24. The van der Waals surface area contributed by atoms with Crippen molar-refractivity contribution in [1.82, 2.24) is 14.6 Å². The van der Waals surface area contributed by atoms with Gasteiger partial charge in [0.1, 0.15) is 5.82 Å². The molecule has 3 aromatic heterocycles. The molecule has 0 spiro atoms. The largest absolute Gasteiger partial charge is 0.326 e. The van der Waals surface area contributed by atoms with Crippen LogP contribution in [-0.4, -0.2) is 26.3 Å². The monoisotopic (exact) mass is 456 g/mol. The molecule has 1 N–H and O–H groups in total. The third kappa shape index (κ3) is 4.28. The van der Waals surface area contributed by atoms with Gasteiger partial charge in [0.15, 0.2) is 5.65 Å². The van der Waals surface area contributed by atoms with Gasteiger partial charge in [0.05, 0.1) is 28.8 Å². The van der Waals surface area contributed by atoms with Crippen molar-refractivity contribution in [1.29, 1.82) is 0 Å². The number of aromatic nitrogens is 3. The lowest BCUT2D eigenvalue weighted by atomic mass is 10.1. The second-order valence-electron chi connectivity index (χ2n) is 7.36. The van der Waals surface area contributed by atoms with E-state index in [4.69, 9.17) is 0 Å². The van der Waals surface area contributed by atoms with Gasteiger partial charge in [0, 0.05) is 17.4 Å². The van der Waals surface area contributed by atoms with Crippen LogP contribution in [0.25, 0.3) is 16.9 Å². The Balaban J connectivity index is 1.41. The third-order valence-corrected chi connectivity index (χ3v) is 5.98. The summed E-state index contributed by atoms with van der Waals surface area (Å²) < 4.78 is 14.7. The third-order valence-electron chi connectivity index (χ3n) is 5.11. The number of benzene rings is 2. The Hall–Kier alpha value is -4.17. The number of anilines is 1. The van der Waals surface area contributed by atoms with Crippen molar-refractivity contribution in [2.75, 3.05) is 5.32 Å². The van der Waals surface area contributed by atoms with Crippen LogP contribution in [0.2, 0.25) is 0 Å². The number of ketones is 1. The molecule has 0 bridgehead atoms. The second kappa shape index (κ2) is 8.76. The first-order valence-electron chi connectivity index (χ1n) is 10.1. The van der Waals surface area contributed by atoms with E-state index in [1.165, 1.54) is 29.7 Å². The number of hydrogen-bond donors (Lipinski definition) is 1. The Morgan fingerprint density at radius 2 is 1.88 bits per heavy atom. The Bertz CT molecular complexity index is 1460. The molecule has 5 aromatic rings. The summed E-state index contributed by atoms with van der Waals surface area (Å²) in [5, 5.41) is 9.13. The Labute approximate surface area is 192 Å². The Kier molecular flexibility index (Phi) is 5.50. The molecule has 162 valence electrons. The zero-order chi connectivity index (χ0) is 22.8. The zero-order valence-corrected chi connectivity index (χ0v) is 18.1. The van der Waals surface area contributed by atoms with Gasteiger partial charge in [-0.3, -0.25) is 9.59 Å². The summed E-state index contributed by atoms with van der Waals surface area (Å²) >= 11 is 1.37. The van der Waals surface area contributed by atoms with E-state index in [2.05, 4.69) is 15.4 Å². The van der Waals surface area contributed by atoms with E-state index in [-0.39, 0.29) is 23.9 Å². The predicted octanol–water partition coefficient (Wildman–Crippen LogP) is 5.01. The Morgan fingerprint density at radius 1 is 1.03 bits per heavy atom. The molecule has 0 saturated carbocycles. The second-order valence-corrected chi connectivity index (χ2v) is 8.31. The van der Waals surface area contributed by atoms with E-state index in [1.807, 2.05) is 29.6 Å². The van der Waals surface area contributed by atoms with Crippen LogP contribution in [0.15, 0.2) is 84.5 Å². The fourth-order valence-electron chi connectivity index (χ4n) is 3.56. The van der Waals surface area contributed by atoms with Gasteiger partial charge < -0.3 is 5.32 Å². The standard InChI is InChI=1S/C25H17FN4O2S/c26-18-8-6-16(7-9-18)13-23(31)29-19-4-1-3-17(14-19)21-10-11-27-25-20(15-28-30(21)25)24(32)22-5-2-12-33-22/h1-12,14-15H,13H2,(H,29,31). The van der Waals surface area contributed by atoms with Crippen molar-refractivity contribution < 1.29 is 14.0 Å². The first kappa shape index (κ1) is 20.7. The molecule has 2 aromatic carbocycles. The molecule has 5 rings (SSSR count). The summed E-state index contributed by atoms with van der Waals surface area (Å²) in [7, 11) is 0. The maximum atomic E-state index is 13.1. The van der Waals surface area contributed by atoms with E-state index >= 15 is 0 Å². The molecule has 8 heteroatoms. The van der Waals surface area contributed by atoms with Crippen LogP contribution in [0, 0.1) is 5.82 Å². The highest BCUT2D eigenvalue weighted by molar-refractivity contribution is 7.12. The van der Waals surface area contributed by atoms with Crippen LogP contribution < -0.4 is 5.32 Å². The van der Waals surface area contributed by atoms with Crippen molar-refractivity contribution in [2.24, 2.45) is 0 Å². The normalized spacial score (nSPS) is 10.9. The number of nitrogens with one attached hydrogen (secondary N) is 1. The molecule has 0 unspecified atom stereocenters. The molecule has 6 nitrogen and oxygen atoms in total. The number of carbonyl (C=O) groups excluding carboxylic acids is 2. The van der Waals surface area contributed by atoms with Crippen molar-refractivity contribution in [3.8, 4) is 11.3 Å². The van der Waals surface area contributed by atoms with Gasteiger partial charge in [-0.05, 0) is 47.3 Å². The number of amides is 1. The van der Waals surface area contributed by atoms with Crippen LogP contribution in [0.4, 0.5) is 10.1 Å². The van der Waals surface area contributed by atoms with E-state index in [0.29, 0.717) is 21.8 Å². The van der Waals surface area contributed by atoms with Crippen LogP contribution in [-0.2, 0) is 11.2 Å². The molecule has 0 aliphatic heterocycles. The molecule has 0 aliphatic carbocycles. The lowest BCUT2D eigenvalue weighted by Gasteiger charge is -2.09. The summed E-state index contributed by atoms with van der Waals surface area (Å²) in [5.74, 6) is -0.664. The predicted molar refractivity (Wildman–Crippen MR) is 125 cm³/mol. The molecule has 0 aliphatic rings. The number of carbonyl (C=O) groups is 2. The highest BCUT2D eigenvalue weighted by Crippen LogP contribution is 2.25. The van der Waals surface area contributed by atoms with Crippen molar-refractivity contribution >= 4 is 34.4 Å². The van der Waals surface area contributed by atoms with Gasteiger partial charge in [-0.1, -0.05) is 30.3 Å². The molecule has 0 saturated heterocycles. The van der Waals surface area contributed by atoms with Crippen LogP contribution in [0.1, 0.15) is 20.8 Å².